The summed E-state index contributed by atoms with van der Waals surface area (Å²) in [7, 11) is 4.35. The summed E-state index contributed by atoms with van der Waals surface area (Å²) < 4.78 is 0. The van der Waals surface area contributed by atoms with Crippen molar-refractivity contribution in [3.05, 3.63) is 16.7 Å². The van der Waals surface area contributed by atoms with Gasteiger partial charge in [-0.15, -0.1) is 0 Å². The molecule has 0 bridgehead atoms. The maximum Gasteiger partial charge on any atom is 0.151 e. The average Bonchev–Trinajstić information content (AvgIpc) is 2.70. The highest BCUT2D eigenvalue weighted by atomic mass is 35.5. The molecule has 20 heavy (non-hydrogen) atoms. The summed E-state index contributed by atoms with van der Waals surface area (Å²) >= 11 is 6.19. The van der Waals surface area contributed by atoms with Crippen molar-refractivity contribution in [2.24, 2.45) is 0 Å². The Morgan fingerprint density at radius 1 is 1.40 bits per heavy atom. The second kappa shape index (κ2) is 6.92. The van der Waals surface area contributed by atoms with Gasteiger partial charge in [-0.3, -0.25) is 0 Å². The Morgan fingerprint density at radius 2 is 2.15 bits per heavy atom. The lowest BCUT2D eigenvalue weighted by Crippen LogP contribution is -2.56. The van der Waals surface area contributed by atoms with E-state index in [4.69, 9.17) is 11.6 Å². The van der Waals surface area contributed by atoms with Gasteiger partial charge in [-0.25, -0.2) is 4.98 Å². The van der Waals surface area contributed by atoms with Crippen LogP contribution in [-0.4, -0.2) is 41.0 Å². The first-order chi connectivity index (χ1) is 9.57. The van der Waals surface area contributed by atoms with Gasteiger partial charge in [-0.2, -0.15) is 0 Å². The van der Waals surface area contributed by atoms with Crippen molar-refractivity contribution in [3.8, 4) is 0 Å². The van der Waals surface area contributed by atoms with Crippen LogP contribution in [0, 0.1) is 0 Å². The van der Waals surface area contributed by atoms with Crippen LogP contribution in [0.25, 0.3) is 0 Å². The molecule has 1 aromatic rings. The highest BCUT2D eigenvalue weighted by Gasteiger charge is 2.38. The molecule has 1 aliphatic carbocycles. The van der Waals surface area contributed by atoms with Crippen LogP contribution in [0.1, 0.15) is 50.5 Å². The lowest BCUT2D eigenvalue weighted by Gasteiger charge is -2.47. The summed E-state index contributed by atoms with van der Waals surface area (Å²) in [5.41, 5.74) is 1.36. The van der Waals surface area contributed by atoms with Crippen molar-refractivity contribution in [1.29, 1.82) is 0 Å². The predicted octanol–water partition coefficient (Wildman–Crippen LogP) is 2.98. The quantitative estimate of drug-likeness (QED) is 0.775. The van der Waals surface area contributed by atoms with Crippen LogP contribution in [-0.2, 0) is 13.0 Å². The number of aryl methyl sites for hydroxylation is 1. The third-order valence-electron chi connectivity index (χ3n) is 4.53. The molecule has 0 saturated heterocycles. The molecule has 1 aliphatic rings. The van der Waals surface area contributed by atoms with E-state index in [0.717, 1.165) is 37.4 Å². The summed E-state index contributed by atoms with van der Waals surface area (Å²) in [5.74, 6) is 1.01. The Bertz CT molecular complexity index is 424. The fourth-order valence-electron chi connectivity index (χ4n) is 2.81. The summed E-state index contributed by atoms with van der Waals surface area (Å²) in [4.78, 5) is 10.1. The number of H-pyrrole nitrogens is 1. The molecule has 1 saturated carbocycles. The monoisotopic (exact) mass is 298 g/mol. The predicted molar refractivity (Wildman–Crippen MR) is 84.2 cm³/mol. The zero-order valence-electron chi connectivity index (χ0n) is 12.9. The molecule has 0 spiro atoms. The van der Waals surface area contributed by atoms with Gasteiger partial charge in [0.05, 0.1) is 5.69 Å². The Labute approximate surface area is 127 Å². The van der Waals surface area contributed by atoms with Gasteiger partial charge in [0.2, 0.25) is 0 Å². The van der Waals surface area contributed by atoms with Crippen LogP contribution in [0.4, 0.5) is 0 Å². The Morgan fingerprint density at radius 3 is 2.70 bits per heavy atom. The number of likely N-dealkylation sites (N-methyl/N-ethyl adjacent to an activating group) is 1. The second-order valence-corrected chi connectivity index (χ2v) is 6.49. The third-order valence-corrected chi connectivity index (χ3v) is 4.85. The first kappa shape index (κ1) is 15.8. The smallest absolute Gasteiger partial charge is 0.151 e. The van der Waals surface area contributed by atoms with E-state index < -0.39 is 0 Å². The molecule has 2 N–H and O–H groups in total. The molecule has 0 aromatic carbocycles. The Balaban J connectivity index is 1.83. The van der Waals surface area contributed by atoms with Gasteiger partial charge in [0.15, 0.2) is 5.15 Å². The number of unbranched alkanes of at least 4 members (excludes halogenated alkanes) is 1. The highest BCUT2D eigenvalue weighted by molar-refractivity contribution is 6.30. The van der Waals surface area contributed by atoms with Gasteiger partial charge in [0, 0.05) is 25.0 Å². The first-order valence-electron chi connectivity index (χ1n) is 7.69. The molecular weight excluding hydrogens is 272 g/mol. The normalized spacial score (nSPS) is 17.4. The summed E-state index contributed by atoms with van der Waals surface area (Å²) in [6, 6.07) is 0. The standard InChI is InChI=1S/C15H27ClN4/c1-4-5-7-13-18-12(14(16)19-13)10-17-11-15(20(2)3)8-6-9-15/h17H,4-11H2,1-3H3,(H,18,19). The van der Waals surface area contributed by atoms with Crippen LogP contribution >= 0.6 is 11.6 Å². The molecule has 4 nitrogen and oxygen atoms in total. The summed E-state index contributed by atoms with van der Waals surface area (Å²) in [5, 5.41) is 4.16. The number of hydrogen-bond acceptors (Lipinski definition) is 3. The molecule has 0 amide bonds. The minimum Gasteiger partial charge on any atom is -0.344 e. The van der Waals surface area contributed by atoms with Gasteiger partial charge in [-0.1, -0.05) is 24.9 Å². The zero-order chi connectivity index (χ0) is 14.6. The average molecular weight is 299 g/mol. The number of nitrogens with zero attached hydrogens (tertiary/aromatic N) is 2. The van der Waals surface area contributed by atoms with Crippen molar-refractivity contribution in [2.45, 2.75) is 57.5 Å². The Hall–Kier alpha value is -0.580. The van der Waals surface area contributed by atoms with Crippen LogP contribution < -0.4 is 5.32 Å². The fraction of sp³-hybridized carbons (Fsp3) is 0.800. The number of aromatic nitrogens is 2. The Kier molecular flexibility index (Phi) is 5.47. The SMILES string of the molecule is CCCCc1nc(Cl)c(CNCC2(N(C)C)CCC2)[nH]1. The largest absolute Gasteiger partial charge is 0.344 e. The molecule has 0 unspecified atom stereocenters. The van der Waals surface area contributed by atoms with E-state index in [1.165, 1.54) is 25.7 Å². The van der Waals surface area contributed by atoms with Crippen LogP contribution in [0.2, 0.25) is 5.15 Å². The number of nitrogens with one attached hydrogen (secondary N) is 2. The van der Waals surface area contributed by atoms with Crippen molar-refractivity contribution in [2.75, 3.05) is 20.6 Å². The van der Waals surface area contributed by atoms with Gasteiger partial charge < -0.3 is 15.2 Å². The third kappa shape index (κ3) is 3.54. The maximum atomic E-state index is 6.19. The maximum absolute atomic E-state index is 6.19. The molecule has 5 heteroatoms. The molecule has 2 rings (SSSR count). The van der Waals surface area contributed by atoms with Crippen molar-refractivity contribution in [1.82, 2.24) is 20.2 Å². The molecule has 0 radical (unpaired) electrons. The minimum atomic E-state index is 0.345. The van der Waals surface area contributed by atoms with Crippen molar-refractivity contribution >= 4 is 11.6 Å². The lowest BCUT2D eigenvalue weighted by atomic mass is 9.75. The van der Waals surface area contributed by atoms with Gasteiger partial charge >= 0.3 is 0 Å². The van der Waals surface area contributed by atoms with Gasteiger partial charge in [0.25, 0.3) is 0 Å². The zero-order valence-corrected chi connectivity index (χ0v) is 13.7. The van der Waals surface area contributed by atoms with E-state index in [9.17, 15) is 0 Å². The van der Waals surface area contributed by atoms with E-state index in [1.54, 1.807) is 0 Å². The number of halogens is 1. The number of rotatable bonds is 8. The summed E-state index contributed by atoms with van der Waals surface area (Å²) in [6.07, 6.45) is 7.22. The molecular formula is C15H27ClN4. The summed E-state index contributed by atoms with van der Waals surface area (Å²) in [6.45, 7) is 3.97. The topological polar surface area (TPSA) is 44.0 Å². The number of aromatic amines is 1. The number of imidazole rings is 1. The molecule has 0 atom stereocenters. The molecule has 1 aromatic heterocycles. The lowest BCUT2D eigenvalue weighted by molar-refractivity contribution is 0.0597. The molecule has 1 heterocycles. The van der Waals surface area contributed by atoms with Crippen molar-refractivity contribution in [3.63, 3.8) is 0 Å². The highest BCUT2D eigenvalue weighted by Crippen LogP contribution is 2.35. The second-order valence-electron chi connectivity index (χ2n) is 6.13. The van der Waals surface area contributed by atoms with Crippen LogP contribution in [0.15, 0.2) is 0 Å². The van der Waals surface area contributed by atoms with E-state index in [-0.39, 0.29) is 0 Å². The minimum absolute atomic E-state index is 0.345. The molecule has 114 valence electrons. The van der Waals surface area contributed by atoms with Gasteiger partial charge in [-0.05, 0) is 39.8 Å². The molecule has 1 fully saturated rings. The van der Waals surface area contributed by atoms with E-state index in [0.29, 0.717) is 10.7 Å². The van der Waals surface area contributed by atoms with E-state index >= 15 is 0 Å². The fourth-order valence-corrected chi connectivity index (χ4v) is 3.02. The van der Waals surface area contributed by atoms with E-state index in [1.807, 2.05) is 0 Å². The number of hydrogen-bond donors (Lipinski definition) is 2. The van der Waals surface area contributed by atoms with Crippen LogP contribution in [0.5, 0.6) is 0 Å². The van der Waals surface area contributed by atoms with Crippen molar-refractivity contribution < 1.29 is 0 Å². The van der Waals surface area contributed by atoms with E-state index in [2.05, 4.69) is 41.2 Å². The van der Waals surface area contributed by atoms with Gasteiger partial charge in [0.1, 0.15) is 5.82 Å². The molecule has 0 aliphatic heterocycles. The first-order valence-corrected chi connectivity index (χ1v) is 8.06. The van der Waals surface area contributed by atoms with Crippen LogP contribution in [0.3, 0.4) is 0 Å².